The molecule has 5 N–H and O–H groups in total. The van der Waals surface area contributed by atoms with Gasteiger partial charge in [0.05, 0.1) is 25.4 Å². The summed E-state index contributed by atoms with van der Waals surface area (Å²) in [7, 11) is 0. The molecule has 0 spiro atoms. The van der Waals surface area contributed by atoms with Gasteiger partial charge >= 0.3 is 0 Å². The van der Waals surface area contributed by atoms with Gasteiger partial charge in [-0.1, -0.05) is 0 Å². The number of thiol groups is 1. The fraction of sp³-hybridized carbons (Fsp3) is 0.500. The summed E-state index contributed by atoms with van der Waals surface area (Å²) in [6.45, 7) is -0.809. The maximum absolute atomic E-state index is 11.1. The number of nitrogens with one attached hydrogen (secondary N) is 3. The van der Waals surface area contributed by atoms with E-state index >= 15 is 0 Å². The van der Waals surface area contributed by atoms with E-state index in [0.717, 1.165) is 0 Å². The van der Waals surface area contributed by atoms with Crippen molar-refractivity contribution in [2.24, 2.45) is 5.73 Å². The van der Waals surface area contributed by atoms with Crippen molar-refractivity contribution in [3.8, 4) is 0 Å². The van der Waals surface area contributed by atoms with Crippen LogP contribution in [0.1, 0.15) is 0 Å². The maximum Gasteiger partial charge on any atom is 0.239 e. The highest BCUT2D eigenvalue weighted by atomic mass is 32.1. The van der Waals surface area contributed by atoms with E-state index in [2.05, 4.69) is 28.6 Å². The number of carbonyl (C=O) groups is 4. The Kier molecular flexibility index (Phi) is 7.52. The minimum absolute atomic E-state index is 0.0215. The highest BCUT2D eigenvalue weighted by Crippen LogP contribution is 1.73. The van der Waals surface area contributed by atoms with Crippen LogP contribution >= 0.6 is 12.6 Å². The third-order valence-electron chi connectivity index (χ3n) is 1.50. The van der Waals surface area contributed by atoms with Crippen LogP contribution in [0.5, 0.6) is 0 Å². The second-order valence-electron chi connectivity index (χ2n) is 2.95. The molecule has 0 rings (SSSR count). The van der Waals surface area contributed by atoms with E-state index in [9.17, 15) is 19.2 Å². The SMILES string of the molecule is NC(=O)CNC(=O)CNC(=O)CNC(=O)CS. The standard InChI is InChI=1S/C8H14N4O4S/c9-5(13)1-10-6(14)2-11-7(15)3-12-8(16)4-17/h17H,1-4H2,(H2,9,13)(H,10,14)(H,11,15)(H,12,16). The van der Waals surface area contributed by atoms with Crippen molar-refractivity contribution in [1.82, 2.24) is 16.0 Å². The number of rotatable bonds is 7. The first-order chi connectivity index (χ1) is 7.95. The Labute approximate surface area is 103 Å². The minimum Gasteiger partial charge on any atom is -0.368 e. The van der Waals surface area contributed by atoms with Gasteiger partial charge in [-0.3, -0.25) is 19.2 Å². The Hall–Kier alpha value is -1.77. The molecule has 0 fully saturated rings. The predicted octanol–water partition coefficient (Wildman–Crippen LogP) is -3.25. The normalized spacial score (nSPS) is 9.24. The summed E-state index contributed by atoms with van der Waals surface area (Å²) in [5.41, 5.74) is 4.80. The molecule has 0 saturated carbocycles. The van der Waals surface area contributed by atoms with Crippen LogP contribution in [-0.2, 0) is 19.2 Å². The van der Waals surface area contributed by atoms with Crippen LogP contribution in [0.15, 0.2) is 0 Å². The van der Waals surface area contributed by atoms with Crippen LogP contribution in [0.25, 0.3) is 0 Å². The molecule has 0 atom stereocenters. The number of hydrogen-bond acceptors (Lipinski definition) is 5. The van der Waals surface area contributed by atoms with Crippen LogP contribution in [0.2, 0.25) is 0 Å². The molecule has 96 valence electrons. The van der Waals surface area contributed by atoms with Crippen molar-refractivity contribution in [2.75, 3.05) is 25.4 Å². The van der Waals surface area contributed by atoms with E-state index in [4.69, 9.17) is 5.73 Å². The van der Waals surface area contributed by atoms with Gasteiger partial charge in [-0.25, -0.2) is 0 Å². The summed E-state index contributed by atoms with van der Waals surface area (Å²) >= 11 is 3.70. The highest BCUT2D eigenvalue weighted by Gasteiger charge is 2.07. The van der Waals surface area contributed by atoms with Crippen LogP contribution in [-0.4, -0.2) is 49.0 Å². The predicted molar refractivity (Wildman–Crippen MR) is 62.1 cm³/mol. The Morgan fingerprint density at radius 2 is 1.24 bits per heavy atom. The minimum atomic E-state index is -0.675. The number of amides is 4. The zero-order valence-electron chi connectivity index (χ0n) is 8.99. The number of carbonyl (C=O) groups excluding carboxylic acids is 4. The topological polar surface area (TPSA) is 130 Å². The summed E-state index contributed by atoms with van der Waals surface area (Å²) in [6.07, 6.45) is 0. The molecule has 17 heavy (non-hydrogen) atoms. The number of primary amides is 1. The fourth-order valence-electron chi connectivity index (χ4n) is 0.724. The summed E-state index contributed by atoms with van der Waals surface area (Å²) in [4.78, 5) is 43.1. The van der Waals surface area contributed by atoms with Gasteiger partial charge in [0.15, 0.2) is 0 Å². The zero-order chi connectivity index (χ0) is 13.3. The lowest BCUT2D eigenvalue weighted by Gasteiger charge is -2.06. The van der Waals surface area contributed by atoms with Crippen molar-refractivity contribution < 1.29 is 19.2 Å². The van der Waals surface area contributed by atoms with Gasteiger partial charge in [0, 0.05) is 0 Å². The van der Waals surface area contributed by atoms with Crippen LogP contribution in [0, 0.1) is 0 Å². The average molecular weight is 262 g/mol. The molecule has 0 aliphatic carbocycles. The average Bonchev–Trinajstić information content (AvgIpc) is 2.30. The van der Waals surface area contributed by atoms with Crippen molar-refractivity contribution in [3.05, 3.63) is 0 Å². The quantitative estimate of drug-likeness (QED) is 0.308. The van der Waals surface area contributed by atoms with E-state index in [1.165, 1.54) is 0 Å². The fourth-order valence-corrected chi connectivity index (χ4v) is 0.836. The molecule has 0 bridgehead atoms. The molecule has 0 unspecified atom stereocenters. The Morgan fingerprint density at radius 1 is 0.824 bits per heavy atom. The molecule has 4 amide bonds. The van der Waals surface area contributed by atoms with E-state index in [-0.39, 0.29) is 31.3 Å². The van der Waals surface area contributed by atoms with Gasteiger partial charge in [-0.2, -0.15) is 12.6 Å². The Bertz CT molecular complexity index is 321. The molecule has 0 radical (unpaired) electrons. The number of hydrogen-bond donors (Lipinski definition) is 5. The lowest BCUT2D eigenvalue weighted by Crippen LogP contribution is -2.43. The van der Waals surface area contributed by atoms with Crippen LogP contribution in [0.3, 0.4) is 0 Å². The smallest absolute Gasteiger partial charge is 0.239 e. The monoisotopic (exact) mass is 262 g/mol. The van der Waals surface area contributed by atoms with Crippen molar-refractivity contribution in [3.63, 3.8) is 0 Å². The lowest BCUT2D eigenvalue weighted by atomic mass is 10.5. The Balaban J connectivity index is 3.66. The lowest BCUT2D eigenvalue weighted by molar-refractivity contribution is -0.127. The largest absolute Gasteiger partial charge is 0.368 e. The van der Waals surface area contributed by atoms with Crippen LogP contribution in [0.4, 0.5) is 0 Å². The first-order valence-corrected chi connectivity index (χ1v) is 5.28. The first-order valence-electron chi connectivity index (χ1n) is 4.65. The van der Waals surface area contributed by atoms with E-state index in [0.29, 0.717) is 0 Å². The van der Waals surface area contributed by atoms with Gasteiger partial charge in [0.2, 0.25) is 23.6 Å². The summed E-state index contributed by atoms with van der Waals surface area (Å²) < 4.78 is 0. The summed E-state index contributed by atoms with van der Waals surface area (Å²) in [5.74, 6) is -2.15. The van der Waals surface area contributed by atoms with Gasteiger partial charge < -0.3 is 21.7 Å². The van der Waals surface area contributed by atoms with Gasteiger partial charge in [-0.15, -0.1) is 0 Å². The van der Waals surface area contributed by atoms with Gasteiger partial charge in [0.1, 0.15) is 0 Å². The molecule has 0 aliphatic heterocycles. The van der Waals surface area contributed by atoms with E-state index < -0.39 is 17.7 Å². The first kappa shape index (κ1) is 15.2. The molecule has 0 aliphatic rings. The second-order valence-corrected chi connectivity index (χ2v) is 3.27. The Morgan fingerprint density at radius 3 is 1.65 bits per heavy atom. The molecule has 0 aromatic carbocycles. The molecule has 0 aromatic rings. The summed E-state index contributed by atoms with van der Waals surface area (Å²) in [6, 6.07) is 0. The highest BCUT2D eigenvalue weighted by molar-refractivity contribution is 7.81. The third-order valence-corrected chi connectivity index (χ3v) is 1.78. The van der Waals surface area contributed by atoms with E-state index in [1.807, 2.05) is 0 Å². The second kappa shape index (κ2) is 8.39. The van der Waals surface area contributed by atoms with Crippen molar-refractivity contribution in [2.45, 2.75) is 0 Å². The van der Waals surface area contributed by atoms with E-state index in [1.54, 1.807) is 0 Å². The van der Waals surface area contributed by atoms with Crippen molar-refractivity contribution >= 4 is 36.3 Å². The molecule has 0 saturated heterocycles. The molecule has 0 aromatic heterocycles. The third kappa shape index (κ3) is 9.18. The van der Waals surface area contributed by atoms with Crippen LogP contribution < -0.4 is 21.7 Å². The van der Waals surface area contributed by atoms with Gasteiger partial charge in [-0.05, 0) is 0 Å². The van der Waals surface area contributed by atoms with Crippen molar-refractivity contribution in [1.29, 1.82) is 0 Å². The maximum atomic E-state index is 11.1. The molecular weight excluding hydrogens is 248 g/mol. The number of nitrogens with two attached hydrogens (primary N) is 1. The molecular formula is C8H14N4O4S. The molecule has 9 heteroatoms. The van der Waals surface area contributed by atoms with Gasteiger partial charge in [0.25, 0.3) is 0 Å². The molecule has 8 nitrogen and oxygen atoms in total. The molecule has 0 heterocycles. The zero-order valence-corrected chi connectivity index (χ0v) is 9.88. The summed E-state index contributed by atoms with van der Waals surface area (Å²) in [5, 5.41) is 6.70.